The van der Waals surface area contributed by atoms with Crippen molar-refractivity contribution in [2.45, 2.75) is 47.2 Å². The molecule has 318 valence electrons. The number of pyridine rings is 2. The first-order valence-electron chi connectivity index (χ1n) is 19.4. The number of aromatic nitrogens is 7. The lowest BCUT2D eigenvalue weighted by Crippen LogP contribution is -2.32. The molecule has 9 aromatic rings. The Morgan fingerprint density at radius 1 is 0.651 bits per heavy atom. The topological polar surface area (TPSA) is 158 Å². The number of para-hydroxylation sites is 2. The van der Waals surface area contributed by atoms with E-state index in [4.69, 9.17) is 23.2 Å². The summed E-state index contributed by atoms with van der Waals surface area (Å²) < 4.78 is 12.9. The van der Waals surface area contributed by atoms with Gasteiger partial charge in [-0.15, -0.1) is 0 Å². The van der Waals surface area contributed by atoms with Crippen LogP contribution in [0, 0.1) is 13.8 Å². The molecule has 0 bridgehead atoms. The Hall–Kier alpha value is -7.00. The summed E-state index contributed by atoms with van der Waals surface area (Å²) in [4.78, 5) is 57.2. The highest BCUT2D eigenvalue weighted by atomic mass is 35.5. The van der Waals surface area contributed by atoms with Crippen molar-refractivity contribution in [1.29, 1.82) is 0 Å². The van der Waals surface area contributed by atoms with Crippen LogP contribution in [-0.2, 0) is 0 Å². The number of carbonyl (C=O) groups is 2. The fourth-order valence-corrected chi connectivity index (χ4v) is 8.46. The van der Waals surface area contributed by atoms with Gasteiger partial charge in [0.2, 0.25) is 0 Å². The van der Waals surface area contributed by atoms with E-state index >= 15 is 0 Å². The van der Waals surface area contributed by atoms with Crippen LogP contribution in [-0.4, -0.2) is 44.3 Å². The van der Waals surface area contributed by atoms with E-state index in [0.29, 0.717) is 77.3 Å². The number of hydrogen-bond acceptors (Lipinski definition) is 9. The van der Waals surface area contributed by atoms with E-state index in [1.165, 1.54) is 0 Å². The molecule has 4 aromatic carbocycles. The third-order valence-electron chi connectivity index (χ3n) is 10.3. The molecule has 5 aromatic heterocycles. The second kappa shape index (κ2) is 18.5. The van der Waals surface area contributed by atoms with Gasteiger partial charge in [-0.2, -0.15) is 13.8 Å². The van der Waals surface area contributed by atoms with E-state index < -0.39 is 12.1 Å². The second-order valence-corrected chi connectivity index (χ2v) is 15.8. The van der Waals surface area contributed by atoms with Gasteiger partial charge in [-0.25, -0.2) is 9.50 Å². The molecule has 2 N–H and O–H groups in total. The van der Waals surface area contributed by atoms with Gasteiger partial charge >= 0.3 is 0 Å². The summed E-state index contributed by atoms with van der Waals surface area (Å²) in [6, 6.07) is 33.8. The molecule has 0 radical (unpaired) electrons. The van der Waals surface area contributed by atoms with Crippen LogP contribution in [0.4, 0.5) is 0 Å². The Morgan fingerprint density at radius 3 is 1.65 bits per heavy atom. The van der Waals surface area contributed by atoms with Gasteiger partial charge < -0.3 is 10.6 Å². The van der Waals surface area contributed by atoms with E-state index in [2.05, 4.69) is 29.5 Å². The van der Waals surface area contributed by atoms with Crippen LogP contribution in [0.5, 0.6) is 0 Å². The van der Waals surface area contributed by atoms with Gasteiger partial charge in [0.05, 0.1) is 56.0 Å². The molecule has 2 atom stereocenters. The smallest absolute Gasteiger partial charge is 0.273 e. The predicted molar refractivity (Wildman–Crippen MR) is 250 cm³/mol. The van der Waals surface area contributed by atoms with Crippen LogP contribution in [0.15, 0.2) is 137 Å². The summed E-state index contributed by atoms with van der Waals surface area (Å²) in [5.41, 5.74) is 4.51. The number of fused-ring (bicyclic) bond motifs is 3. The summed E-state index contributed by atoms with van der Waals surface area (Å²) in [7, 11) is 0. The highest BCUT2D eigenvalue weighted by Gasteiger charge is 2.24. The van der Waals surface area contributed by atoms with Crippen LogP contribution in [0.2, 0.25) is 10.0 Å². The number of benzene rings is 4. The molecular formula is C47H41Cl2N9O4S. The largest absolute Gasteiger partial charge is 0.344 e. The Morgan fingerprint density at radius 2 is 1.16 bits per heavy atom. The lowest BCUT2D eigenvalue weighted by Gasteiger charge is -2.21. The predicted octanol–water partition coefficient (Wildman–Crippen LogP) is 9.42. The van der Waals surface area contributed by atoms with Crippen LogP contribution < -0.4 is 21.8 Å². The fourth-order valence-electron chi connectivity index (χ4n) is 7.39. The molecule has 0 aliphatic heterocycles. The molecule has 0 unspecified atom stereocenters. The van der Waals surface area contributed by atoms with Crippen molar-refractivity contribution >= 4 is 73.9 Å². The summed E-state index contributed by atoms with van der Waals surface area (Å²) in [5.74, 6) is -0.644. The van der Waals surface area contributed by atoms with Crippen molar-refractivity contribution in [3.63, 3.8) is 0 Å². The summed E-state index contributed by atoms with van der Waals surface area (Å²) in [6.07, 6.45) is 3.37. The lowest BCUT2D eigenvalue weighted by molar-refractivity contribution is 0.0927. The quantitative estimate of drug-likeness (QED) is 0.153. The van der Waals surface area contributed by atoms with Crippen LogP contribution >= 0.6 is 34.9 Å². The number of aryl methyl sites for hydroxylation is 2. The minimum Gasteiger partial charge on any atom is -0.344 e. The van der Waals surface area contributed by atoms with Crippen LogP contribution in [0.1, 0.15) is 77.0 Å². The summed E-state index contributed by atoms with van der Waals surface area (Å²) in [6.45, 7) is 7.18. The Labute approximate surface area is 375 Å². The van der Waals surface area contributed by atoms with Gasteiger partial charge in [0.25, 0.3) is 22.9 Å². The number of nitrogens with zero attached hydrogens (tertiary/aromatic N) is 7. The SMILES string of the molecule is C.Cc1nn2cccnc2c1C(=O)N[C@@H](C)c1cc2cccc(Cl)c2c(=O)n1-c1ccccc1.Cc1nsnc1C(=O)N[C@@H](C)c1cc2cccc(Cl)c2c(=O)n1-c1ccccc1. The maximum Gasteiger partial charge on any atom is 0.273 e. The molecule has 0 aliphatic carbocycles. The number of carbonyl (C=O) groups excluding carboxylic acids is 2. The maximum absolute atomic E-state index is 13.6. The van der Waals surface area contributed by atoms with Gasteiger partial charge in [-0.1, -0.05) is 91.3 Å². The molecule has 2 amide bonds. The van der Waals surface area contributed by atoms with Gasteiger partial charge in [-0.3, -0.25) is 28.3 Å². The van der Waals surface area contributed by atoms with E-state index in [1.807, 2.05) is 98.8 Å². The van der Waals surface area contributed by atoms with E-state index in [9.17, 15) is 19.2 Å². The standard InChI is InChI=1S/C25H20ClN5O2.C21H17ClN4O2S.CH4/c1-15(28-24(32)21-16(2)29-30-13-7-12-27-23(21)30)20-14-17-8-6-11-19(26)22(17)25(33)31(20)18-9-4-3-5-10-18;1-12(23-20(27)19-13(2)24-29-25-19)17-11-14-7-6-10-16(22)18(14)21(28)26(17)15-8-4-3-5-9-15;/h3-15H,1-2H3,(H,28,32);3-12H,1-2H3,(H,23,27);1H4/t15-;12-;/m00./s1. The van der Waals surface area contributed by atoms with Gasteiger partial charge in [-0.05, 0) is 93.1 Å². The number of rotatable bonds is 8. The van der Waals surface area contributed by atoms with Gasteiger partial charge in [0, 0.05) is 35.2 Å². The molecule has 0 saturated carbocycles. The molecule has 63 heavy (non-hydrogen) atoms. The van der Waals surface area contributed by atoms with Crippen molar-refractivity contribution in [3.8, 4) is 11.4 Å². The van der Waals surface area contributed by atoms with Crippen molar-refractivity contribution in [1.82, 2.24) is 43.1 Å². The molecule has 0 fully saturated rings. The molecule has 9 rings (SSSR count). The minimum atomic E-state index is -0.494. The van der Waals surface area contributed by atoms with E-state index in [0.717, 1.165) is 17.1 Å². The van der Waals surface area contributed by atoms with Crippen LogP contribution in [0.25, 0.3) is 38.6 Å². The molecule has 0 aliphatic rings. The first kappa shape index (κ1) is 44.1. The zero-order chi connectivity index (χ0) is 43.7. The zero-order valence-corrected chi connectivity index (χ0v) is 36.0. The van der Waals surface area contributed by atoms with Crippen molar-refractivity contribution < 1.29 is 9.59 Å². The number of amides is 2. The zero-order valence-electron chi connectivity index (χ0n) is 33.7. The minimum absolute atomic E-state index is 0. The highest BCUT2D eigenvalue weighted by Crippen LogP contribution is 2.28. The maximum atomic E-state index is 13.6. The fraction of sp³-hybridized carbons (Fsp3) is 0.149. The van der Waals surface area contributed by atoms with E-state index in [1.54, 1.807) is 70.2 Å². The molecule has 0 saturated heterocycles. The Bertz CT molecular complexity index is 3280. The normalized spacial score (nSPS) is 12.0. The highest BCUT2D eigenvalue weighted by molar-refractivity contribution is 6.99. The summed E-state index contributed by atoms with van der Waals surface area (Å²) >= 11 is 13.7. The van der Waals surface area contributed by atoms with Crippen LogP contribution in [0.3, 0.4) is 0 Å². The third-order valence-corrected chi connectivity index (χ3v) is 11.6. The molecular weight excluding hydrogens is 858 g/mol. The summed E-state index contributed by atoms with van der Waals surface area (Å²) in [5, 5.41) is 13.4. The van der Waals surface area contributed by atoms with Gasteiger partial charge in [0.15, 0.2) is 11.3 Å². The molecule has 5 heterocycles. The number of hydrogen-bond donors (Lipinski definition) is 2. The van der Waals surface area contributed by atoms with Crippen molar-refractivity contribution in [2.75, 3.05) is 0 Å². The number of nitrogens with one attached hydrogen (secondary N) is 2. The Balaban J connectivity index is 0.000000188. The monoisotopic (exact) mass is 897 g/mol. The van der Waals surface area contributed by atoms with Gasteiger partial charge in [0.1, 0.15) is 5.56 Å². The molecule has 13 nitrogen and oxygen atoms in total. The number of halogens is 2. The van der Waals surface area contributed by atoms with Crippen molar-refractivity contribution in [3.05, 3.63) is 192 Å². The van der Waals surface area contributed by atoms with Crippen molar-refractivity contribution in [2.24, 2.45) is 0 Å². The Kier molecular flexibility index (Phi) is 13.0. The molecule has 0 spiro atoms. The first-order chi connectivity index (χ1) is 29.9. The third kappa shape index (κ3) is 8.60. The first-order valence-corrected chi connectivity index (χ1v) is 20.9. The lowest BCUT2D eigenvalue weighted by atomic mass is 10.1. The second-order valence-electron chi connectivity index (χ2n) is 14.4. The average Bonchev–Trinajstić information content (AvgIpc) is 3.86. The average molecular weight is 899 g/mol. The van der Waals surface area contributed by atoms with E-state index in [-0.39, 0.29) is 30.4 Å². The molecule has 16 heteroatoms.